The summed E-state index contributed by atoms with van der Waals surface area (Å²) >= 11 is 0. The Morgan fingerprint density at radius 2 is 1.86 bits per heavy atom. The van der Waals surface area contributed by atoms with Crippen molar-refractivity contribution in [3.05, 3.63) is 57.9 Å². The zero-order valence-electron chi connectivity index (χ0n) is 11.8. The molecular formula is C15H16FN3O2. The Morgan fingerprint density at radius 1 is 1.19 bits per heavy atom. The summed E-state index contributed by atoms with van der Waals surface area (Å²) in [5.74, 6) is -0.446. The van der Waals surface area contributed by atoms with Crippen LogP contribution in [0.3, 0.4) is 0 Å². The largest absolute Gasteiger partial charge is 0.380 e. The molecule has 5 nitrogen and oxygen atoms in total. The summed E-state index contributed by atoms with van der Waals surface area (Å²) in [4.78, 5) is 10.8. The van der Waals surface area contributed by atoms with Gasteiger partial charge < -0.3 is 10.6 Å². The third-order valence-electron chi connectivity index (χ3n) is 3.07. The number of benzene rings is 2. The second kappa shape index (κ2) is 6.21. The van der Waals surface area contributed by atoms with Crippen molar-refractivity contribution in [2.45, 2.75) is 13.8 Å². The Kier molecular flexibility index (Phi) is 4.37. The molecule has 0 bridgehead atoms. The monoisotopic (exact) mass is 289 g/mol. The van der Waals surface area contributed by atoms with Crippen molar-refractivity contribution in [1.29, 1.82) is 0 Å². The zero-order valence-corrected chi connectivity index (χ0v) is 11.8. The number of rotatable bonds is 5. The molecule has 0 aliphatic carbocycles. The van der Waals surface area contributed by atoms with Gasteiger partial charge in [0.1, 0.15) is 17.2 Å². The average molecular weight is 289 g/mol. The van der Waals surface area contributed by atoms with Gasteiger partial charge in [0.05, 0.1) is 10.6 Å². The van der Waals surface area contributed by atoms with Gasteiger partial charge in [-0.15, -0.1) is 0 Å². The molecule has 0 saturated carbocycles. The summed E-state index contributed by atoms with van der Waals surface area (Å²) in [6.07, 6.45) is 0. The van der Waals surface area contributed by atoms with Crippen LogP contribution >= 0.6 is 0 Å². The molecule has 0 fully saturated rings. The molecule has 2 aromatic rings. The number of nitrogens with zero attached hydrogens (tertiary/aromatic N) is 1. The van der Waals surface area contributed by atoms with Crippen molar-refractivity contribution < 1.29 is 9.31 Å². The molecule has 21 heavy (non-hydrogen) atoms. The van der Waals surface area contributed by atoms with Gasteiger partial charge in [0.25, 0.3) is 0 Å². The lowest BCUT2D eigenvalue weighted by Gasteiger charge is -2.13. The predicted molar refractivity (Wildman–Crippen MR) is 81.7 cm³/mol. The molecule has 2 rings (SSSR count). The minimum atomic E-state index is -0.476. The van der Waals surface area contributed by atoms with E-state index in [4.69, 9.17) is 0 Å². The number of nitro benzene ring substituents is 1. The Hall–Kier alpha value is -2.63. The topological polar surface area (TPSA) is 67.2 Å². The fraction of sp³-hybridized carbons (Fsp3) is 0.200. The SMILES string of the molecule is CCNc1cccc(Nc2c(C)cccc2F)c1[N+](=O)[O-]. The smallest absolute Gasteiger partial charge is 0.315 e. The minimum Gasteiger partial charge on any atom is -0.380 e. The third-order valence-corrected chi connectivity index (χ3v) is 3.07. The summed E-state index contributed by atoms with van der Waals surface area (Å²) in [6, 6.07) is 9.52. The predicted octanol–water partition coefficient (Wildman–Crippen LogP) is 4.22. The van der Waals surface area contributed by atoms with Gasteiger partial charge >= 0.3 is 5.69 Å². The lowest BCUT2D eigenvalue weighted by Crippen LogP contribution is -2.05. The molecule has 6 heteroatoms. The number of para-hydroxylation sites is 2. The molecule has 2 N–H and O–H groups in total. The molecule has 0 aromatic heterocycles. The molecule has 0 unspecified atom stereocenters. The maximum atomic E-state index is 13.9. The van der Waals surface area contributed by atoms with E-state index in [1.807, 2.05) is 6.92 Å². The summed E-state index contributed by atoms with van der Waals surface area (Å²) in [7, 11) is 0. The number of nitro groups is 1. The van der Waals surface area contributed by atoms with Gasteiger partial charge in [0.2, 0.25) is 0 Å². The highest BCUT2D eigenvalue weighted by molar-refractivity contribution is 5.80. The molecule has 0 heterocycles. The number of hydrogen-bond donors (Lipinski definition) is 2. The fourth-order valence-electron chi connectivity index (χ4n) is 2.10. The summed E-state index contributed by atoms with van der Waals surface area (Å²) < 4.78 is 13.9. The third kappa shape index (κ3) is 3.10. The molecule has 0 aliphatic rings. The van der Waals surface area contributed by atoms with E-state index in [-0.39, 0.29) is 17.1 Å². The number of nitrogens with one attached hydrogen (secondary N) is 2. The highest BCUT2D eigenvalue weighted by atomic mass is 19.1. The van der Waals surface area contributed by atoms with Gasteiger partial charge in [0, 0.05) is 6.54 Å². The summed E-state index contributed by atoms with van der Waals surface area (Å²) in [5, 5.41) is 17.1. The van der Waals surface area contributed by atoms with Gasteiger partial charge in [-0.25, -0.2) is 4.39 Å². The van der Waals surface area contributed by atoms with Crippen molar-refractivity contribution in [2.75, 3.05) is 17.2 Å². The Bertz CT molecular complexity index is 654. The highest BCUT2D eigenvalue weighted by Crippen LogP contribution is 2.35. The second-order valence-electron chi connectivity index (χ2n) is 4.55. The van der Waals surface area contributed by atoms with E-state index in [1.165, 1.54) is 6.07 Å². The van der Waals surface area contributed by atoms with E-state index in [0.29, 0.717) is 17.8 Å². The fourth-order valence-corrected chi connectivity index (χ4v) is 2.10. The number of hydrogen-bond acceptors (Lipinski definition) is 4. The molecule has 0 amide bonds. The maximum absolute atomic E-state index is 13.9. The average Bonchev–Trinajstić information content (AvgIpc) is 2.43. The van der Waals surface area contributed by atoms with Crippen LogP contribution in [0.1, 0.15) is 12.5 Å². The lowest BCUT2D eigenvalue weighted by atomic mass is 10.1. The van der Waals surface area contributed by atoms with Gasteiger partial charge in [-0.05, 0) is 37.6 Å². The number of halogens is 1. The summed E-state index contributed by atoms with van der Waals surface area (Å²) in [5.41, 5.74) is 1.49. The van der Waals surface area contributed by atoms with E-state index >= 15 is 0 Å². The van der Waals surface area contributed by atoms with Crippen LogP contribution < -0.4 is 10.6 Å². The molecule has 0 saturated heterocycles. The Labute approximate surface area is 122 Å². The zero-order chi connectivity index (χ0) is 15.4. The first-order chi connectivity index (χ1) is 10.0. The van der Waals surface area contributed by atoms with E-state index in [2.05, 4.69) is 10.6 Å². The molecule has 0 radical (unpaired) electrons. The number of anilines is 3. The normalized spacial score (nSPS) is 10.2. The molecule has 110 valence electrons. The van der Waals surface area contributed by atoms with Gasteiger partial charge in [-0.1, -0.05) is 18.2 Å². The molecule has 2 aromatic carbocycles. The van der Waals surface area contributed by atoms with Gasteiger partial charge in [-0.3, -0.25) is 10.1 Å². The minimum absolute atomic E-state index is 0.0954. The van der Waals surface area contributed by atoms with Crippen molar-refractivity contribution in [3.8, 4) is 0 Å². The lowest BCUT2D eigenvalue weighted by molar-refractivity contribution is -0.383. The van der Waals surface area contributed by atoms with E-state index in [1.54, 1.807) is 37.3 Å². The van der Waals surface area contributed by atoms with Crippen LogP contribution in [0.2, 0.25) is 0 Å². The van der Waals surface area contributed by atoms with Crippen LogP contribution in [-0.4, -0.2) is 11.5 Å². The molecule has 0 atom stereocenters. The van der Waals surface area contributed by atoms with E-state index in [9.17, 15) is 14.5 Å². The van der Waals surface area contributed by atoms with E-state index < -0.39 is 10.7 Å². The summed E-state index contributed by atoms with van der Waals surface area (Å²) in [6.45, 7) is 4.15. The molecule has 0 spiro atoms. The number of aryl methyl sites for hydroxylation is 1. The van der Waals surface area contributed by atoms with Crippen LogP contribution in [0.5, 0.6) is 0 Å². The Morgan fingerprint density at radius 3 is 2.48 bits per heavy atom. The van der Waals surface area contributed by atoms with Crippen LogP contribution in [0.25, 0.3) is 0 Å². The van der Waals surface area contributed by atoms with Crippen molar-refractivity contribution in [2.24, 2.45) is 0 Å². The van der Waals surface area contributed by atoms with Crippen LogP contribution in [0.4, 0.5) is 27.1 Å². The van der Waals surface area contributed by atoms with Crippen LogP contribution in [-0.2, 0) is 0 Å². The first kappa shape index (κ1) is 14.8. The van der Waals surface area contributed by atoms with Gasteiger partial charge in [0.15, 0.2) is 0 Å². The quantitative estimate of drug-likeness (QED) is 0.639. The van der Waals surface area contributed by atoms with Gasteiger partial charge in [-0.2, -0.15) is 0 Å². The van der Waals surface area contributed by atoms with Crippen molar-refractivity contribution in [1.82, 2.24) is 0 Å². The maximum Gasteiger partial charge on any atom is 0.315 e. The molecular weight excluding hydrogens is 273 g/mol. The van der Waals surface area contributed by atoms with E-state index in [0.717, 1.165) is 0 Å². The van der Waals surface area contributed by atoms with Crippen molar-refractivity contribution in [3.63, 3.8) is 0 Å². The first-order valence-corrected chi connectivity index (χ1v) is 6.58. The van der Waals surface area contributed by atoms with Crippen LogP contribution in [0, 0.1) is 22.9 Å². The van der Waals surface area contributed by atoms with Crippen molar-refractivity contribution >= 4 is 22.7 Å². The Balaban J connectivity index is 2.49. The second-order valence-corrected chi connectivity index (χ2v) is 4.55. The standard InChI is InChI=1S/C15H16FN3O2/c1-3-17-12-8-5-9-13(15(12)19(20)21)18-14-10(2)6-4-7-11(14)16/h4-9,17-18H,3H2,1-2H3. The first-order valence-electron chi connectivity index (χ1n) is 6.58. The van der Waals surface area contributed by atoms with Crippen LogP contribution in [0.15, 0.2) is 36.4 Å². The highest BCUT2D eigenvalue weighted by Gasteiger charge is 2.20. The molecule has 0 aliphatic heterocycles.